The summed E-state index contributed by atoms with van der Waals surface area (Å²) in [6, 6.07) is 9.73. The van der Waals surface area contributed by atoms with E-state index in [0.717, 1.165) is 176 Å². The first-order valence-electron chi connectivity index (χ1n) is 42.8. The fraction of sp³-hybridized carbons (Fsp3) is 0.926. The Morgan fingerprint density at radius 1 is 0.321 bits per heavy atom. The normalized spacial score (nSPS) is 34.9. The third-order valence-corrected chi connectivity index (χ3v) is 28.1. The second-order valence-corrected chi connectivity index (χ2v) is 36.8. The molecule has 23 aliphatic rings. The van der Waals surface area contributed by atoms with Crippen LogP contribution < -0.4 is 0 Å². The molecule has 9 amide bonds. The number of piperazine rings is 6. The molecule has 15 atom stereocenters. The number of alkyl halides is 1. The number of carbonyl (C=O) groups excluding carboxylic acids is 6. The van der Waals surface area contributed by atoms with E-state index in [-0.39, 0.29) is 36.1 Å². The Hall–Kier alpha value is -4.21. The van der Waals surface area contributed by atoms with E-state index < -0.39 is 6.17 Å². The first kappa shape index (κ1) is 79.9. The lowest BCUT2D eigenvalue weighted by molar-refractivity contribution is -0.165. The average molecular weight is 1490 g/mol. The zero-order valence-corrected chi connectivity index (χ0v) is 67.6. The van der Waals surface area contributed by atoms with Crippen LogP contribution in [0, 0.1) is 11.8 Å². The lowest BCUT2D eigenvalue weighted by Crippen LogP contribution is -2.72. The highest BCUT2D eigenvalue weighted by molar-refractivity contribution is 5.83. The molecule has 600 valence electrons. The monoisotopic (exact) mass is 1490 g/mol. The van der Waals surface area contributed by atoms with E-state index in [0.29, 0.717) is 152 Å². The number of nitrogens with zero attached hydrogens (tertiary/aromatic N) is 15. The number of hydrogen-bond acceptors (Lipinski definition) is 15. The molecule has 0 radical (unpaired) electrons. The van der Waals surface area contributed by atoms with Gasteiger partial charge < -0.3 is 58.3 Å². The second kappa shape index (κ2) is 34.8. The van der Waals surface area contributed by atoms with Crippen LogP contribution in [0.2, 0.25) is 0 Å². The molecular formula is C81H140FN15O9. The molecule has 1 saturated carbocycles. The lowest BCUT2D eigenvalue weighted by atomic mass is 9.84. The SMILES string of the molecule is CC(C)N1CC2CC(C1)N2C(=O)C1CCCC1.CC(C)N1CC2CC(C1)N2C(=O)C1CCCO1.CC(C)N1CC2CC(C1)N2C(=O)C1CCOCC1.CC(C)N1CC2CC(C1)N2C(=O)N1CCC(F)C1.CC(C)N1CC2CC(C1)N2C(=O)N1CCCC1.COC1CCN(C(=O)N2C3CC2CN(C(C)C)C3)C1. The summed E-state index contributed by atoms with van der Waals surface area (Å²) in [7, 11) is 1.73. The van der Waals surface area contributed by atoms with Gasteiger partial charge in [0.25, 0.3) is 5.91 Å². The fourth-order valence-corrected chi connectivity index (χ4v) is 21.3. The van der Waals surface area contributed by atoms with Crippen molar-refractivity contribution in [2.75, 3.05) is 145 Å². The summed E-state index contributed by atoms with van der Waals surface area (Å²) in [5.74, 6) is 1.74. The highest BCUT2D eigenvalue weighted by Gasteiger charge is 2.55. The van der Waals surface area contributed by atoms with Crippen LogP contribution in [0.3, 0.4) is 0 Å². The summed E-state index contributed by atoms with van der Waals surface area (Å²) in [6.45, 7) is 46.2. The minimum Gasteiger partial charge on any atom is -0.381 e. The van der Waals surface area contributed by atoms with E-state index in [4.69, 9.17) is 14.2 Å². The number of piperidine rings is 6. The Balaban J connectivity index is 0.000000113. The molecule has 23 rings (SSSR count). The molecule has 25 heteroatoms. The Labute approximate surface area is 636 Å². The van der Waals surface area contributed by atoms with Crippen LogP contribution in [0.15, 0.2) is 0 Å². The van der Waals surface area contributed by atoms with Crippen LogP contribution >= 0.6 is 0 Å². The molecule has 0 aromatic rings. The lowest BCUT2D eigenvalue weighted by Gasteiger charge is -2.58. The minimum absolute atomic E-state index is 0.0693. The molecule has 106 heavy (non-hydrogen) atoms. The largest absolute Gasteiger partial charge is 0.381 e. The van der Waals surface area contributed by atoms with Crippen molar-refractivity contribution in [3.63, 3.8) is 0 Å². The van der Waals surface area contributed by atoms with Crippen molar-refractivity contribution >= 4 is 35.8 Å². The van der Waals surface area contributed by atoms with Crippen molar-refractivity contribution in [1.82, 2.24) is 73.5 Å². The predicted octanol–water partition coefficient (Wildman–Crippen LogP) is 7.52. The van der Waals surface area contributed by atoms with E-state index in [2.05, 4.69) is 137 Å². The van der Waals surface area contributed by atoms with Gasteiger partial charge >= 0.3 is 18.1 Å². The minimum atomic E-state index is -0.817. The van der Waals surface area contributed by atoms with Crippen molar-refractivity contribution < 1.29 is 47.4 Å². The van der Waals surface area contributed by atoms with Gasteiger partial charge in [0.05, 0.1) is 12.6 Å². The van der Waals surface area contributed by atoms with Crippen molar-refractivity contribution in [2.24, 2.45) is 11.8 Å². The van der Waals surface area contributed by atoms with Gasteiger partial charge in [-0.1, -0.05) is 12.8 Å². The number of methoxy groups -OCH3 is 1. The maximum absolute atomic E-state index is 13.2. The van der Waals surface area contributed by atoms with Crippen molar-refractivity contribution in [3.8, 4) is 0 Å². The summed E-state index contributed by atoms with van der Waals surface area (Å²) in [4.78, 5) is 108. The molecule has 0 N–H and O–H groups in total. The Morgan fingerprint density at radius 2 is 0.632 bits per heavy atom. The van der Waals surface area contributed by atoms with Crippen LogP contribution in [-0.2, 0) is 28.6 Å². The number of rotatable bonds is 10. The van der Waals surface area contributed by atoms with Gasteiger partial charge in [-0.2, -0.15) is 0 Å². The number of amides is 9. The van der Waals surface area contributed by atoms with E-state index in [9.17, 15) is 33.2 Å². The molecule has 22 saturated heterocycles. The maximum Gasteiger partial charge on any atom is 0.320 e. The van der Waals surface area contributed by atoms with Crippen LogP contribution in [0.4, 0.5) is 18.8 Å². The smallest absolute Gasteiger partial charge is 0.320 e. The quantitative estimate of drug-likeness (QED) is 0.210. The van der Waals surface area contributed by atoms with Gasteiger partial charge in [0, 0.05) is 259 Å². The average Bonchev–Trinajstić information content (AvgIpc) is 1.24. The van der Waals surface area contributed by atoms with Gasteiger partial charge in [0.15, 0.2) is 0 Å². The second-order valence-electron chi connectivity index (χ2n) is 36.8. The number of halogens is 1. The number of fused-ring (bicyclic) bond motifs is 12. The van der Waals surface area contributed by atoms with Crippen LogP contribution in [-0.4, -0.2) is 381 Å². The maximum atomic E-state index is 13.2. The Kier molecular flexibility index (Phi) is 26.2. The summed E-state index contributed by atoms with van der Waals surface area (Å²) in [5.41, 5.74) is 0. The van der Waals surface area contributed by atoms with E-state index in [1.165, 1.54) is 57.8 Å². The molecule has 22 aliphatic heterocycles. The number of hydrogen-bond donors (Lipinski definition) is 0. The Morgan fingerprint density at radius 3 is 0.934 bits per heavy atom. The molecule has 12 bridgehead atoms. The van der Waals surface area contributed by atoms with Crippen LogP contribution in [0.25, 0.3) is 0 Å². The predicted molar refractivity (Wildman–Crippen MR) is 409 cm³/mol. The standard InChI is InChI=1S/C14H25N3O2.C14H24N2O2.C14H24N2O.C13H22FN3O.C13H23N3O.C13H22N2O2/c1-10(2)16-7-11-6-12(8-16)17(11)14(18)15-5-4-13(9-15)19-3;1-10(2)15-8-12-7-13(9-15)16(12)14(17)11-3-5-18-6-4-11;1-10(2)15-8-12-7-13(9-15)16(12)14(17)11-5-3-4-6-11;1-9(2)16-7-11-5-12(8-16)17(11)13(18)15-4-3-10(14)6-15;1-10(2)15-8-11-7-12(9-15)16(11)13(17)14-5-3-4-6-14;1-9(2)14-7-10-6-11(8-14)15(10)13(16)12-4-3-5-17-12/h10-13H,4-9H2,1-3H3;10-13H,3-9H2,1-2H3;10-13H,3-9H2,1-2H3;9-12H,3-8H2,1-2H3;10-12H,3-9H2,1-2H3;9-12H,3-8H2,1-2H3. The molecule has 0 aromatic carbocycles. The van der Waals surface area contributed by atoms with Gasteiger partial charge in [0.1, 0.15) is 12.3 Å². The van der Waals surface area contributed by atoms with Gasteiger partial charge in [0.2, 0.25) is 11.8 Å². The highest BCUT2D eigenvalue weighted by Crippen LogP contribution is 2.42. The summed E-state index contributed by atoms with van der Waals surface area (Å²) in [6.07, 6.45) is 19.0. The first-order chi connectivity index (χ1) is 50.8. The molecule has 23 fully saturated rings. The third kappa shape index (κ3) is 17.4. The molecule has 24 nitrogen and oxygen atoms in total. The summed E-state index contributed by atoms with van der Waals surface area (Å²) in [5, 5.41) is 0. The summed E-state index contributed by atoms with van der Waals surface area (Å²) < 4.78 is 29.4. The first-order valence-corrected chi connectivity index (χ1v) is 42.8. The molecular weight excluding hydrogens is 1350 g/mol. The topological polar surface area (TPSA) is 179 Å². The summed E-state index contributed by atoms with van der Waals surface area (Å²) >= 11 is 0. The highest BCUT2D eigenvalue weighted by atomic mass is 19.1. The van der Waals surface area contributed by atoms with E-state index in [1.807, 2.05) is 14.7 Å². The van der Waals surface area contributed by atoms with Gasteiger partial charge in [-0.05, 0) is 186 Å². The molecule has 15 unspecified atom stereocenters. The van der Waals surface area contributed by atoms with Crippen LogP contribution in [0.5, 0.6) is 0 Å². The van der Waals surface area contributed by atoms with E-state index >= 15 is 0 Å². The van der Waals surface area contributed by atoms with Gasteiger partial charge in [-0.25, -0.2) is 18.8 Å². The van der Waals surface area contributed by atoms with Crippen molar-refractivity contribution in [1.29, 1.82) is 0 Å². The van der Waals surface area contributed by atoms with Gasteiger partial charge in [-0.15, -0.1) is 0 Å². The molecule has 0 aromatic heterocycles. The Bertz CT molecular complexity index is 2690. The molecule has 1 aliphatic carbocycles. The third-order valence-electron chi connectivity index (χ3n) is 28.1. The van der Waals surface area contributed by atoms with Crippen molar-refractivity contribution in [2.45, 2.75) is 326 Å². The zero-order chi connectivity index (χ0) is 75.1. The molecule has 0 spiro atoms. The fourth-order valence-electron chi connectivity index (χ4n) is 21.3. The van der Waals surface area contributed by atoms with Gasteiger partial charge in [-0.3, -0.25) is 43.8 Å². The van der Waals surface area contributed by atoms with E-state index in [1.54, 1.807) is 12.0 Å². The van der Waals surface area contributed by atoms with Crippen molar-refractivity contribution in [3.05, 3.63) is 0 Å². The number of urea groups is 3. The number of likely N-dealkylation sites (tertiary alicyclic amines) is 5. The van der Waals surface area contributed by atoms with Crippen LogP contribution in [0.1, 0.15) is 199 Å². The number of ether oxygens (including phenoxy) is 3. The molecule has 22 heterocycles. The number of carbonyl (C=O) groups is 6. The zero-order valence-electron chi connectivity index (χ0n) is 67.6.